The van der Waals surface area contributed by atoms with Crippen molar-refractivity contribution in [2.75, 3.05) is 10.7 Å². The molecule has 3 aromatic rings. The third kappa shape index (κ3) is 2.09. The second-order valence-electron chi connectivity index (χ2n) is 3.99. The van der Waals surface area contributed by atoms with Crippen LogP contribution in [0.2, 0.25) is 0 Å². The molecule has 0 aliphatic rings. The number of nitrogens with two attached hydrogens (primary N) is 1. The van der Waals surface area contributed by atoms with Crippen LogP contribution in [-0.4, -0.2) is 20.2 Å². The highest BCUT2D eigenvalue weighted by Crippen LogP contribution is 2.23. The van der Waals surface area contributed by atoms with Gasteiger partial charge in [-0.25, -0.2) is 5.84 Å². The lowest BCUT2D eigenvalue weighted by Crippen LogP contribution is -2.11. The summed E-state index contributed by atoms with van der Waals surface area (Å²) in [5.74, 6) is 6.18. The van der Waals surface area contributed by atoms with Crippen LogP contribution < -0.4 is 16.6 Å². The van der Waals surface area contributed by atoms with Gasteiger partial charge in [-0.05, 0) is 24.3 Å². The number of nitrogens with zero attached hydrogens (tertiary/aromatic N) is 4. The Bertz CT molecular complexity index is 783. The van der Waals surface area contributed by atoms with Gasteiger partial charge in [-0.3, -0.25) is 10.5 Å². The maximum absolute atomic E-state index is 8.77. The maximum Gasteiger partial charge on any atom is 0.241 e. The van der Waals surface area contributed by atoms with E-state index >= 15 is 0 Å². The molecule has 3 rings (SSSR count). The zero-order chi connectivity index (χ0) is 13.9. The Kier molecular flexibility index (Phi) is 2.87. The molecular formula is C12H10N8. The molecule has 0 unspecified atom stereocenters. The van der Waals surface area contributed by atoms with Gasteiger partial charge < -0.3 is 5.32 Å². The highest BCUT2D eigenvalue weighted by atomic mass is 15.3. The number of rotatable bonds is 3. The van der Waals surface area contributed by atoms with Crippen LogP contribution in [0.5, 0.6) is 0 Å². The van der Waals surface area contributed by atoms with Crippen molar-refractivity contribution < 1.29 is 0 Å². The van der Waals surface area contributed by atoms with E-state index in [9.17, 15) is 0 Å². The van der Waals surface area contributed by atoms with E-state index in [1.54, 1.807) is 30.5 Å². The molecule has 98 valence electrons. The monoisotopic (exact) mass is 266 g/mol. The molecular weight excluding hydrogens is 256 g/mol. The number of H-pyrrole nitrogens is 1. The van der Waals surface area contributed by atoms with Crippen molar-refractivity contribution in [1.82, 2.24) is 20.2 Å². The molecule has 8 heteroatoms. The second-order valence-corrected chi connectivity index (χ2v) is 3.99. The van der Waals surface area contributed by atoms with Gasteiger partial charge in [-0.15, -0.1) is 0 Å². The van der Waals surface area contributed by atoms with E-state index in [1.807, 2.05) is 0 Å². The molecule has 0 fully saturated rings. The molecule has 8 nitrogen and oxygen atoms in total. The first-order valence-electron chi connectivity index (χ1n) is 5.75. The summed E-state index contributed by atoms with van der Waals surface area (Å²) in [5, 5.41) is 19.3. The largest absolute Gasteiger partial charge is 0.339 e. The minimum Gasteiger partial charge on any atom is -0.339 e. The van der Waals surface area contributed by atoms with Crippen molar-refractivity contribution in [3.63, 3.8) is 0 Å². The number of nitriles is 1. The minimum absolute atomic E-state index is 0.276. The highest BCUT2D eigenvalue weighted by molar-refractivity contribution is 5.88. The van der Waals surface area contributed by atoms with Crippen LogP contribution in [0.4, 0.5) is 17.5 Å². The van der Waals surface area contributed by atoms with E-state index in [-0.39, 0.29) is 5.95 Å². The third-order valence-corrected chi connectivity index (χ3v) is 2.72. The van der Waals surface area contributed by atoms with Crippen LogP contribution in [0.1, 0.15) is 5.56 Å². The zero-order valence-corrected chi connectivity index (χ0v) is 10.3. The van der Waals surface area contributed by atoms with Gasteiger partial charge in [0, 0.05) is 5.69 Å². The van der Waals surface area contributed by atoms with Gasteiger partial charge in [0.15, 0.2) is 5.65 Å². The van der Waals surface area contributed by atoms with Crippen molar-refractivity contribution in [2.24, 2.45) is 5.84 Å². The van der Waals surface area contributed by atoms with Crippen LogP contribution >= 0.6 is 0 Å². The number of anilines is 3. The van der Waals surface area contributed by atoms with Crippen LogP contribution in [0.15, 0.2) is 30.5 Å². The van der Waals surface area contributed by atoms with Crippen molar-refractivity contribution in [1.29, 1.82) is 5.26 Å². The van der Waals surface area contributed by atoms with Crippen molar-refractivity contribution in [2.45, 2.75) is 0 Å². The number of hydrazine groups is 1. The molecule has 0 atom stereocenters. The predicted molar refractivity (Wildman–Crippen MR) is 73.9 cm³/mol. The fourth-order valence-corrected chi connectivity index (χ4v) is 1.76. The maximum atomic E-state index is 8.77. The number of hydrogen-bond donors (Lipinski definition) is 4. The predicted octanol–water partition coefficient (Wildman–Crippen LogP) is 1.25. The smallest absolute Gasteiger partial charge is 0.241 e. The Labute approximate surface area is 113 Å². The van der Waals surface area contributed by atoms with E-state index in [0.717, 1.165) is 11.1 Å². The molecule has 0 aliphatic heterocycles. The zero-order valence-electron chi connectivity index (χ0n) is 10.3. The van der Waals surface area contributed by atoms with E-state index in [0.29, 0.717) is 17.0 Å². The standard InChI is InChI=1S/C12H10N8/c13-5-7-1-3-8(4-2-7)16-10-9-6-15-20-11(9)18-12(17-10)19-14/h1-4,6H,14H2,(H3,15,16,17,18,19,20). The fourth-order valence-electron chi connectivity index (χ4n) is 1.76. The SMILES string of the molecule is N#Cc1ccc(Nc2nc(NN)nc3[nH]ncc23)cc1. The Morgan fingerprint density at radius 3 is 2.70 bits per heavy atom. The van der Waals surface area contributed by atoms with Crippen molar-refractivity contribution in [3.8, 4) is 6.07 Å². The molecule has 2 heterocycles. The fraction of sp³-hybridized carbons (Fsp3) is 0. The van der Waals surface area contributed by atoms with Crippen LogP contribution in [-0.2, 0) is 0 Å². The topological polar surface area (TPSA) is 128 Å². The number of nitrogens with one attached hydrogen (secondary N) is 3. The van der Waals surface area contributed by atoms with Crippen LogP contribution in [0, 0.1) is 11.3 Å². The lowest BCUT2D eigenvalue weighted by atomic mass is 10.2. The molecule has 0 bridgehead atoms. The number of fused-ring (bicyclic) bond motifs is 1. The molecule has 0 aliphatic carbocycles. The first-order valence-corrected chi connectivity index (χ1v) is 5.75. The molecule has 0 spiro atoms. The molecule has 0 amide bonds. The summed E-state index contributed by atoms with van der Waals surface area (Å²) < 4.78 is 0. The lowest BCUT2D eigenvalue weighted by molar-refractivity contribution is 1.08. The van der Waals surface area contributed by atoms with Crippen molar-refractivity contribution in [3.05, 3.63) is 36.0 Å². The normalized spacial score (nSPS) is 10.2. The Balaban J connectivity index is 2.00. The number of aromatic amines is 1. The molecule has 0 saturated heterocycles. The highest BCUT2D eigenvalue weighted by Gasteiger charge is 2.09. The second kappa shape index (κ2) is 4.83. The summed E-state index contributed by atoms with van der Waals surface area (Å²) in [6.45, 7) is 0. The Hall–Kier alpha value is -3.18. The van der Waals surface area contributed by atoms with Gasteiger partial charge in [-0.2, -0.15) is 20.3 Å². The van der Waals surface area contributed by atoms with E-state index < -0.39 is 0 Å². The van der Waals surface area contributed by atoms with E-state index in [1.165, 1.54) is 0 Å². The molecule has 0 radical (unpaired) electrons. The average molecular weight is 266 g/mol. The summed E-state index contributed by atoms with van der Waals surface area (Å²) in [7, 11) is 0. The van der Waals surface area contributed by atoms with Gasteiger partial charge in [0.05, 0.1) is 23.2 Å². The van der Waals surface area contributed by atoms with Crippen LogP contribution in [0.3, 0.4) is 0 Å². The lowest BCUT2D eigenvalue weighted by Gasteiger charge is -2.08. The summed E-state index contributed by atoms with van der Waals surface area (Å²) in [5.41, 5.74) is 4.37. The van der Waals surface area contributed by atoms with Gasteiger partial charge in [0.1, 0.15) is 5.82 Å². The van der Waals surface area contributed by atoms with Crippen LogP contribution in [0.25, 0.3) is 11.0 Å². The van der Waals surface area contributed by atoms with Gasteiger partial charge in [0.25, 0.3) is 0 Å². The Morgan fingerprint density at radius 2 is 2.00 bits per heavy atom. The third-order valence-electron chi connectivity index (χ3n) is 2.72. The number of benzene rings is 1. The number of nitrogen functional groups attached to an aromatic ring is 1. The summed E-state index contributed by atoms with van der Waals surface area (Å²) >= 11 is 0. The summed E-state index contributed by atoms with van der Waals surface area (Å²) in [6, 6.07) is 9.10. The van der Waals surface area contributed by atoms with E-state index in [2.05, 4.69) is 37.0 Å². The molecule has 20 heavy (non-hydrogen) atoms. The summed E-state index contributed by atoms with van der Waals surface area (Å²) in [4.78, 5) is 8.38. The minimum atomic E-state index is 0.276. The van der Waals surface area contributed by atoms with Gasteiger partial charge in [-0.1, -0.05) is 0 Å². The number of aromatic nitrogens is 4. The molecule has 0 saturated carbocycles. The van der Waals surface area contributed by atoms with Crippen molar-refractivity contribution >= 4 is 28.5 Å². The molecule has 1 aromatic carbocycles. The first-order chi connectivity index (χ1) is 9.80. The summed E-state index contributed by atoms with van der Waals surface area (Å²) in [6.07, 6.45) is 1.63. The molecule has 2 aromatic heterocycles. The Morgan fingerprint density at radius 1 is 1.20 bits per heavy atom. The van der Waals surface area contributed by atoms with Gasteiger partial charge >= 0.3 is 0 Å². The molecule has 5 N–H and O–H groups in total. The first kappa shape index (κ1) is 11.9. The quantitative estimate of drug-likeness (QED) is 0.415. The average Bonchev–Trinajstić information content (AvgIpc) is 2.96. The number of hydrogen-bond acceptors (Lipinski definition) is 7. The van der Waals surface area contributed by atoms with Gasteiger partial charge in [0.2, 0.25) is 5.95 Å². The van der Waals surface area contributed by atoms with E-state index in [4.69, 9.17) is 11.1 Å².